The molecule has 1 saturated heterocycles. The Bertz CT molecular complexity index is 927. The van der Waals surface area contributed by atoms with Gasteiger partial charge in [-0.05, 0) is 43.3 Å². The Morgan fingerprint density at radius 2 is 1.73 bits per heavy atom. The smallest absolute Gasteiger partial charge is 0.253 e. The lowest BCUT2D eigenvalue weighted by molar-refractivity contribution is 0.0746. The molecular formula is C19H21N5O2. The molecule has 0 spiro atoms. The van der Waals surface area contributed by atoms with E-state index in [0.717, 1.165) is 36.1 Å². The van der Waals surface area contributed by atoms with Gasteiger partial charge in [-0.15, -0.1) is 10.2 Å². The highest BCUT2D eigenvalue weighted by Crippen LogP contribution is 2.19. The SMILES string of the molecule is COc1ccc(C(=O)N2CCN(c3nnc4cccc(C)n34)CC2)cc1. The first-order valence-electron chi connectivity index (χ1n) is 8.66. The van der Waals surface area contributed by atoms with Gasteiger partial charge in [-0.1, -0.05) is 6.07 Å². The van der Waals surface area contributed by atoms with Gasteiger partial charge in [0.1, 0.15) is 5.75 Å². The molecule has 0 N–H and O–H groups in total. The second-order valence-corrected chi connectivity index (χ2v) is 6.37. The molecule has 0 atom stereocenters. The Morgan fingerprint density at radius 3 is 2.42 bits per heavy atom. The number of nitrogens with zero attached hydrogens (tertiary/aromatic N) is 5. The molecule has 134 valence electrons. The maximum Gasteiger partial charge on any atom is 0.253 e. The molecule has 2 aromatic heterocycles. The van der Waals surface area contributed by atoms with Crippen molar-refractivity contribution in [2.24, 2.45) is 0 Å². The summed E-state index contributed by atoms with van der Waals surface area (Å²) >= 11 is 0. The molecule has 7 heteroatoms. The summed E-state index contributed by atoms with van der Waals surface area (Å²) in [5.74, 6) is 1.64. The lowest BCUT2D eigenvalue weighted by atomic mass is 10.1. The number of benzene rings is 1. The minimum Gasteiger partial charge on any atom is -0.497 e. The van der Waals surface area contributed by atoms with Crippen LogP contribution in [-0.2, 0) is 0 Å². The molecule has 1 amide bonds. The lowest BCUT2D eigenvalue weighted by Crippen LogP contribution is -2.49. The second kappa shape index (κ2) is 6.67. The number of aryl methyl sites for hydroxylation is 1. The van der Waals surface area contributed by atoms with Gasteiger partial charge in [-0.3, -0.25) is 9.20 Å². The summed E-state index contributed by atoms with van der Waals surface area (Å²) in [7, 11) is 1.62. The number of anilines is 1. The number of pyridine rings is 1. The van der Waals surface area contributed by atoms with Gasteiger partial charge in [-0.2, -0.15) is 0 Å². The molecule has 7 nitrogen and oxygen atoms in total. The lowest BCUT2D eigenvalue weighted by Gasteiger charge is -2.34. The molecule has 1 aliphatic rings. The minimum atomic E-state index is 0.0505. The molecule has 4 rings (SSSR count). The van der Waals surface area contributed by atoms with Crippen LogP contribution >= 0.6 is 0 Å². The van der Waals surface area contributed by atoms with Crippen molar-refractivity contribution < 1.29 is 9.53 Å². The van der Waals surface area contributed by atoms with Gasteiger partial charge in [0.2, 0.25) is 5.95 Å². The molecule has 3 heterocycles. The Labute approximate surface area is 151 Å². The second-order valence-electron chi connectivity index (χ2n) is 6.37. The van der Waals surface area contributed by atoms with Crippen molar-refractivity contribution in [3.8, 4) is 5.75 Å². The summed E-state index contributed by atoms with van der Waals surface area (Å²) in [5.41, 5.74) is 2.62. The highest BCUT2D eigenvalue weighted by molar-refractivity contribution is 5.94. The largest absolute Gasteiger partial charge is 0.497 e. The first-order valence-corrected chi connectivity index (χ1v) is 8.66. The number of aromatic nitrogens is 3. The third-order valence-corrected chi connectivity index (χ3v) is 4.79. The van der Waals surface area contributed by atoms with Crippen LogP contribution in [0.3, 0.4) is 0 Å². The molecule has 1 aliphatic heterocycles. The number of ether oxygens (including phenoxy) is 1. The Morgan fingerprint density at radius 1 is 1.00 bits per heavy atom. The van der Waals surface area contributed by atoms with E-state index in [1.54, 1.807) is 7.11 Å². The van der Waals surface area contributed by atoms with Gasteiger partial charge in [0, 0.05) is 37.4 Å². The first kappa shape index (κ1) is 16.4. The molecule has 1 fully saturated rings. The third-order valence-electron chi connectivity index (χ3n) is 4.79. The molecule has 0 unspecified atom stereocenters. The molecule has 0 bridgehead atoms. The molecule has 1 aromatic carbocycles. The van der Waals surface area contributed by atoms with Crippen molar-refractivity contribution in [1.82, 2.24) is 19.5 Å². The summed E-state index contributed by atoms with van der Waals surface area (Å²) in [6, 6.07) is 13.2. The van der Waals surface area contributed by atoms with Crippen LogP contribution < -0.4 is 9.64 Å². The molecule has 0 radical (unpaired) electrons. The number of carbonyl (C=O) groups is 1. The van der Waals surface area contributed by atoms with E-state index in [0.29, 0.717) is 18.7 Å². The van der Waals surface area contributed by atoms with E-state index >= 15 is 0 Å². The molecular weight excluding hydrogens is 330 g/mol. The summed E-state index contributed by atoms with van der Waals surface area (Å²) in [5, 5.41) is 8.60. The molecule has 0 saturated carbocycles. The normalized spacial score (nSPS) is 14.7. The van der Waals surface area contributed by atoms with Crippen LogP contribution in [0, 0.1) is 6.92 Å². The highest BCUT2D eigenvalue weighted by atomic mass is 16.5. The van der Waals surface area contributed by atoms with E-state index in [1.165, 1.54) is 0 Å². The fourth-order valence-electron chi connectivity index (χ4n) is 3.31. The average molecular weight is 351 g/mol. The predicted octanol–water partition coefficient (Wildman–Crippen LogP) is 2.01. The van der Waals surface area contributed by atoms with Crippen molar-refractivity contribution >= 4 is 17.5 Å². The van der Waals surface area contributed by atoms with Crippen LogP contribution in [0.5, 0.6) is 5.75 Å². The number of methoxy groups -OCH3 is 1. The summed E-state index contributed by atoms with van der Waals surface area (Å²) < 4.78 is 7.20. The van der Waals surface area contributed by atoms with Crippen LogP contribution in [0.2, 0.25) is 0 Å². The van der Waals surface area contributed by atoms with Crippen molar-refractivity contribution in [2.75, 3.05) is 38.2 Å². The Hall–Kier alpha value is -3.09. The average Bonchev–Trinajstić information content (AvgIpc) is 3.13. The van der Waals surface area contributed by atoms with Gasteiger partial charge in [-0.25, -0.2) is 0 Å². The van der Waals surface area contributed by atoms with E-state index in [2.05, 4.69) is 19.5 Å². The van der Waals surface area contributed by atoms with Crippen LogP contribution in [-0.4, -0.2) is 58.7 Å². The van der Waals surface area contributed by atoms with Gasteiger partial charge in [0.05, 0.1) is 7.11 Å². The fourth-order valence-corrected chi connectivity index (χ4v) is 3.31. The third kappa shape index (κ3) is 2.85. The van der Waals surface area contributed by atoms with Gasteiger partial charge in [0.25, 0.3) is 5.91 Å². The Balaban J connectivity index is 1.47. The molecule has 26 heavy (non-hydrogen) atoms. The number of amides is 1. The summed E-state index contributed by atoms with van der Waals surface area (Å²) in [4.78, 5) is 16.8. The van der Waals surface area contributed by atoms with Gasteiger partial charge < -0.3 is 14.5 Å². The maximum absolute atomic E-state index is 12.7. The predicted molar refractivity (Wildman–Crippen MR) is 98.8 cm³/mol. The topological polar surface area (TPSA) is 63.0 Å². The highest BCUT2D eigenvalue weighted by Gasteiger charge is 2.25. The van der Waals surface area contributed by atoms with Crippen molar-refractivity contribution in [3.05, 3.63) is 53.7 Å². The monoisotopic (exact) mass is 351 g/mol. The zero-order chi connectivity index (χ0) is 18.1. The fraction of sp³-hybridized carbons (Fsp3) is 0.316. The number of piperazine rings is 1. The Kier molecular flexibility index (Phi) is 4.20. The zero-order valence-corrected chi connectivity index (χ0v) is 14.9. The minimum absolute atomic E-state index is 0.0505. The van der Waals surface area contributed by atoms with Gasteiger partial charge >= 0.3 is 0 Å². The van der Waals surface area contributed by atoms with Crippen LogP contribution in [0.1, 0.15) is 16.1 Å². The van der Waals surface area contributed by atoms with E-state index in [-0.39, 0.29) is 5.91 Å². The van der Waals surface area contributed by atoms with Crippen LogP contribution in [0.25, 0.3) is 5.65 Å². The number of rotatable bonds is 3. The maximum atomic E-state index is 12.7. The first-order chi connectivity index (χ1) is 12.7. The van der Waals surface area contributed by atoms with E-state index in [9.17, 15) is 4.79 Å². The van der Waals surface area contributed by atoms with Crippen LogP contribution in [0.4, 0.5) is 5.95 Å². The quantitative estimate of drug-likeness (QED) is 0.722. The summed E-state index contributed by atoms with van der Waals surface area (Å²) in [6.07, 6.45) is 0. The van der Waals surface area contributed by atoms with Crippen LogP contribution in [0.15, 0.2) is 42.5 Å². The zero-order valence-electron chi connectivity index (χ0n) is 14.9. The van der Waals surface area contributed by atoms with Gasteiger partial charge in [0.15, 0.2) is 5.65 Å². The number of fused-ring (bicyclic) bond motifs is 1. The summed E-state index contributed by atoms with van der Waals surface area (Å²) in [6.45, 7) is 4.83. The van der Waals surface area contributed by atoms with Crippen molar-refractivity contribution in [2.45, 2.75) is 6.92 Å². The standard InChI is InChI=1S/C19H21N5O2/c1-14-4-3-5-17-20-21-19(24(14)17)23-12-10-22(11-13-23)18(25)15-6-8-16(26-2)9-7-15/h3-9H,10-13H2,1-2H3. The van der Waals surface area contributed by atoms with Crippen molar-refractivity contribution in [3.63, 3.8) is 0 Å². The molecule has 0 aliphatic carbocycles. The van der Waals surface area contributed by atoms with Crippen molar-refractivity contribution in [1.29, 1.82) is 0 Å². The number of carbonyl (C=O) groups excluding carboxylic acids is 1. The van der Waals surface area contributed by atoms with E-state index in [1.807, 2.05) is 54.3 Å². The van der Waals surface area contributed by atoms with E-state index < -0.39 is 0 Å². The van der Waals surface area contributed by atoms with E-state index in [4.69, 9.17) is 4.74 Å². The number of hydrogen-bond acceptors (Lipinski definition) is 5. The number of hydrogen-bond donors (Lipinski definition) is 0. The molecule has 3 aromatic rings.